The van der Waals surface area contributed by atoms with Gasteiger partial charge in [-0.15, -0.1) is 0 Å². The highest BCUT2D eigenvalue weighted by Gasteiger charge is 2.24. The zero-order valence-electron chi connectivity index (χ0n) is 12.5. The van der Waals surface area contributed by atoms with Gasteiger partial charge in [0.25, 0.3) is 0 Å². The zero-order chi connectivity index (χ0) is 16.7. The number of benzene rings is 2. The standard InChI is InChI=1S/C17H16INO4/c1-22-16(20)15(13-8-5-9-14(18)10-13)19-17(21)23-11-12-6-3-2-4-7-12/h2-10,15H,11H2,1H3,(H,19,21). The Morgan fingerprint density at radius 2 is 1.87 bits per heavy atom. The Balaban J connectivity index is 2.03. The fraction of sp³-hybridized carbons (Fsp3) is 0.176. The third-order valence-corrected chi connectivity index (χ3v) is 3.76. The molecule has 0 aliphatic heterocycles. The van der Waals surface area contributed by atoms with E-state index in [9.17, 15) is 9.59 Å². The van der Waals surface area contributed by atoms with E-state index in [0.29, 0.717) is 5.56 Å². The van der Waals surface area contributed by atoms with Crippen molar-refractivity contribution in [3.63, 3.8) is 0 Å². The molecular formula is C17H16INO4. The highest BCUT2D eigenvalue weighted by atomic mass is 127. The van der Waals surface area contributed by atoms with Crippen LogP contribution < -0.4 is 5.32 Å². The number of halogens is 1. The van der Waals surface area contributed by atoms with Crippen LogP contribution in [0.4, 0.5) is 4.79 Å². The molecular weight excluding hydrogens is 409 g/mol. The van der Waals surface area contributed by atoms with E-state index in [-0.39, 0.29) is 6.61 Å². The molecule has 0 spiro atoms. The zero-order valence-corrected chi connectivity index (χ0v) is 14.6. The Hall–Kier alpha value is -2.09. The Kier molecular flexibility index (Phi) is 6.40. The largest absolute Gasteiger partial charge is 0.467 e. The number of amides is 1. The van der Waals surface area contributed by atoms with Gasteiger partial charge in [-0.3, -0.25) is 0 Å². The van der Waals surface area contributed by atoms with Crippen molar-refractivity contribution in [1.82, 2.24) is 5.32 Å². The number of ether oxygens (including phenoxy) is 2. The number of carbonyl (C=O) groups excluding carboxylic acids is 2. The van der Waals surface area contributed by atoms with Gasteiger partial charge in [0.05, 0.1) is 7.11 Å². The summed E-state index contributed by atoms with van der Waals surface area (Å²) in [5, 5.41) is 2.54. The van der Waals surface area contributed by atoms with Crippen LogP contribution in [0.15, 0.2) is 54.6 Å². The smallest absolute Gasteiger partial charge is 0.408 e. The first-order valence-corrected chi connectivity index (χ1v) is 7.98. The van der Waals surface area contributed by atoms with Gasteiger partial charge in [0.1, 0.15) is 6.61 Å². The minimum atomic E-state index is -0.905. The summed E-state index contributed by atoms with van der Waals surface area (Å²) in [5.74, 6) is -0.552. The Labute approximate surface area is 148 Å². The van der Waals surface area contributed by atoms with Gasteiger partial charge in [0.2, 0.25) is 0 Å². The van der Waals surface area contributed by atoms with Gasteiger partial charge < -0.3 is 14.8 Å². The summed E-state index contributed by atoms with van der Waals surface area (Å²) in [5.41, 5.74) is 1.51. The summed E-state index contributed by atoms with van der Waals surface area (Å²) in [6, 6.07) is 15.7. The minimum absolute atomic E-state index is 0.132. The molecule has 0 fully saturated rings. The molecule has 5 nitrogen and oxygen atoms in total. The second-order valence-corrected chi connectivity index (χ2v) is 5.96. The van der Waals surface area contributed by atoms with Crippen LogP contribution in [-0.2, 0) is 20.9 Å². The topological polar surface area (TPSA) is 64.6 Å². The van der Waals surface area contributed by atoms with Crippen molar-refractivity contribution in [3.8, 4) is 0 Å². The lowest BCUT2D eigenvalue weighted by molar-refractivity contribution is -0.143. The molecule has 1 N–H and O–H groups in total. The molecule has 1 atom stereocenters. The summed E-state index contributed by atoms with van der Waals surface area (Å²) in [6.45, 7) is 0.132. The van der Waals surface area contributed by atoms with E-state index < -0.39 is 18.1 Å². The molecule has 0 radical (unpaired) electrons. The maximum atomic E-state index is 12.0. The van der Waals surface area contributed by atoms with Crippen molar-refractivity contribution in [2.45, 2.75) is 12.6 Å². The van der Waals surface area contributed by atoms with Gasteiger partial charge in [-0.05, 0) is 45.9 Å². The van der Waals surface area contributed by atoms with Crippen molar-refractivity contribution in [2.24, 2.45) is 0 Å². The molecule has 0 saturated heterocycles. The fourth-order valence-corrected chi connectivity index (χ4v) is 2.53. The lowest BCUT2D eigenvalue weighted by Gasteiger charge is -2.17. The molecule has 1 unspecified atom stereocenters. The molecule has 0 bridgehead atoms. The number of hydrogen-bond donors (Lipinski definition) is 1. The van der Waals surface area contributed by atoms with E-state index >= 15 is 0 Å². The van der Waals surface area contributed by atoms with Crippen molar-refractivity contribution in [3.05, 3.63) is 69.3 Å². The summed E-state index contributed by atoms with van der Waals surface area (Å²) in [4.78, 5) is 23.9. The van der Waals surface area contributed by atoms with Crippen molar-refractivity contribution in [1.29, 1.82) is 0 Å². The molecule has 0 saturated carbocycles. The molecule has 0 heterocycles. The highest BCUT2D eigenvalue weighted by Crippen LogP contribution is 2.17. The van der Waals surface area contributed by atoms with Crippen LogP contribution in [0.25, 0.3) is 0 Å². The SMILES string of the molecule is COC(=O)C(NC(=O)OCc1ccccc1)c1cccc(I)c1. The molecule has 2 aromatic rings. The fourth-order valence-electron chi connectivity index (χ4n) is 1.96. The van der Waals surface area contributed by atoms with Gasteiger partial charge in [-0.2, -0.15) is 0 Å². The molecule has 1 amide bonds. The second kappa shape index (κ2) is 8.52. The van der Waals surface area contributed by atoms with Crippen LogP contribution in [0.2, 0.25) is 0 Å². The average molecular weight is 425 g/mol. The predicted molar refractivity (Wildman–Crippen MR) is 93.7 cm³/mol. The summed E-state index contributed by atoms with van der Waals surface area (Å²) in [7, 11) is 1.28. The van der Waals surface area contributed by atoms with Gasteiger partial charge in [0.15, 0.2) is 6.04 Å². The Morgan fingerprint density at radius 3 is 2.52 bits per heavy atom. The maximum absolute atomic E-state index is 12.0. The Morgan fingerprint density at radius 1 is 1.13 bits per heavy atom. The molecule has 0 aliphatic carbocycles. The molecule has 120 valence electrons. The van der Waals surface area contributed by atoms with Gasteiger partial charge in [-0.25, -0.2) is 9.59 Å². The van der Waals surface area contributed by atoms with E-state index in [0.717, 1.165) is 9.13 Å². The number of nitrogens with one attached hydrogen (secondary N) is 1. The van der Waals surface area contributed by atoms with E-state index in [1.54, 1.807) is 12.1 Å². The van der Waals surface area contributed by atoms with E-state index in [2.05, 4.69) is 27.9 Å². The van der Waals surface area contributed by atoms with Crippen LogP contribution >= 0.6 is 22.6 Å². The van der Waals surface area contributed by atoms with E-state index in [4.69, 9.17) is 9.47 Å². The number of hydrogen-bond acceptors (Lipinski definition) is 4. The average Bonchev–Trinajstić information content (AvgIpc) is 2.58. The number of rotatable bonds is 5. The third kappa shape index (κ3) is 5.24. The highest BCUT2D eigenvalue weighted by molar-refractivity contribution is 14.1. The van der Waals surface area contributed by atoms with Crippen LogP contribution in [0.1, 0.15) is 17.2 Å². The molecule has 0 aromatic heterocycles. The van der Waals surface area contributed by atoms with Crippen molar-refractivity contribution >= 4 is 34.7 Å². The van der Waals surface area contributed by atoms with Crippen LogP contribution in [0.5, 0.6) is 0 Å². The first-order chi connectivity index (χ1) is 11.1. The van der Waals surface area contributed by atoms with Gasteiger partial charge >= 0.3 is 12.1 Å². The number of carbonyl (C=O) groups is 2. The predicted octanol–water partition coefficient (Wildman–Crippen LogP) is 3.43. The van der Waals surface area contributed by atoms with Crippen molar-refractivity contribution < 1.29 is 19.1 Å². The molecule has 23 heavy (non-hydrogen) atoms. The quantitative estimate of drug-likeness (QED) is 0.589. The minimum Gasteiger partial charge on any atom is -0.467 e. The molecule has 6 heteroatoms. The van der Waals surface area contributed by atoms with Gasteiger partial charge in [-0.1, -0.05) is 42.5 Å². The summed E-state index contributed by atoms with van der Waals surface area (Å²) < 4.78 is 10.9. The number of alkyl carbamates (subject to hydrolysis) is 1. The lowest BCUT2D eigenvalue weighted by atomic mass is 10.1. The summed E-state index contributed by atoms with van der Waals surface area (Å²) in [6.07, 6.45) is -0.678. The van der Waals surface area contributed by atoms with Gasteiger partial charge in [0, 0.05) is 3.57 Å². The maximum Gasteiger partial charge on any atom is 0.408 e. The van der Waals surface area contributed by atoms with Crippen LogP contribution in [0.3, 0.4) is 0 Å². The first kappa shape index (κ1) is 17.3. The van der Waals surface area contributed by atoms with Crippen LogP contribution in [-0.4, -0.2) is 19.2 Å². The normalized spacial score (nSPS) is 11.4. The van der Waals surface area contributed by atoms with E-state index in [1.165, 1.54) is 7.11 Å². The number of methoxy groups -OCH3 is 1. The first-order valence-electron chi connectivity index (χ1n) is 6.90. The molecule has 2 rings (SSSR count). The second-order valence-electron chi connectivity index (χ2n) is 4.72. The molecule has 0 aliphatic rings. The lowest BCUT2D eigenvalue weighted by Crippen LogP contribution is -2.34. The molecule has 2 aromatic carbocycles. The van der Waals surface area contributed by atoms with Crippen molar-refractivity contribution in [2.75, 3.05) is 7.11 Å². The Bertz CT molecular complexity index is 675. The monoisotopic (exact) mass is 425 g/mol. The third-order valence-electron chi connectivity index (χ3n) is 3.09. The summed E-state index contributed by atoms with van der Waals surface area (Å²) >= 11 is 2.14. The van der Waals surface area contributed by atoms with E-state index in [1.807, 2.05) is 42.5 Å². The van der Waals surface area contributed by atoms with Crippen LogP contribution in [0, 0.1) is 3.57 Å². The number of esters is 1.